The quantitative estimate of drug-likeness (QED) is 0.258. The summed E-state index contributed by atoms with van der Waals surface area (Å²) in [6.45, 7) is -0.0569. The molecular formula is C21H14N2O5. The van der Waals surface area contributed by atoms with Crippen LogP contribution >= 0.6 is 0 Å². The summed E-state index contributed by atoms with van der Waals surface area (Å²) in [6.07, 6.45) is 2.91. The maximum absolute atomic E-state index is 12.2. The number of ketones is 1. The fourth-order valence-corrected chi connectivity index (χ4v) is 2.46. The van der Waals surface area contributed by atoms with Gasteiger partial charge in [-0.3, -0.25) is 14.9 Å². The summed E-state index contributed by atoms with van der Waals surface area (Å²) in [5, 5.41) is 19.4. The van der Waals surface area contributed by atoms with Gasteiger partial charge in [-0.1, -0.05) is 12.1 Å². The molecule has 138 valence electrons. The molecule has 1 heterocycles. The summed E-state index contributed by atoms with van der Waals surface area (Å²) < 4.78 is 10.8. The van der Waals surface area contributed by atoms with Crippen molar-refractivity contribution in [1.82, 2.24) is 0 Å². The summed E-state index contributed by atoms with van der Waals surface area (Å²) in [4.78, 5) is 22.7. The molecule has 0 aliphatic heterocycles. The van der Waals surface area contributed by atoms with E-state index in [4.69, 9.17) is 14.4 Å². The average molecular weight is 374 g/mol. The molecule has 0 bridgehead atoms. The predicted molar refractivity (Wildman–Crippen MR) is 102 cm³/mol. The molecule has 0 radical (unpaired) electrons. The lowest BCUT2D eigenvalue weighted by Crippen LogP contribution is -1.96. The second kappa shape index (κ2) is 8.47. The zero-order valence-electron chi connectivity index (χ0n) is 14.6. The topological polar surface area (TPSA) is 106 Å². The minimum absolute atomic E-state index is 0.0247. The van der Waals surface area contributed by atoms with Crippen molar-refractivity contribution >= 4 is 17.5 Å². The smallest absolute Gasteiger partial charge is 0.270 e. The van der Waals surface area contributed by atoms with Crippen LogP contribution < -0.4 is 4.74 Å². The van der Waals surface area contributed by atoms with Crippen molar-refractivity contribution in [3.05, 3.63) is 88.2 Å². The predicted octanol–water partition coefficient (Wildman–Crippen LogP) is 4.65. The Morgan fingerprint density at radius 3 is 2.68 bits per heavy atom. The molecule has 2 aromatic carbocycles. The van der Waals surface area contributed by atoms with Crippen LogP contribution in [-0.2, 0) is 0 Å². The number of allylic oxidation sites excluding steroid dienone is 1. The van der Waals surface area contributed by atoms with E-state index in [9.17, 15) is 14.9 Å². The Bertz CT molecular complexity index is 1070. The number of nitro benzene ring substituents is 1. The number of non-ortho nitro benzene ring substituents is 1. The molecule has 0 aliphatic rings. The molecule has 7 heteroatoms. The van der Waals surface area contributed by atoms with Gasteiger partial charge in [0.25, 0.3) is 5.69 Å². The largest absolute Gasteiger partial charge is 0.479 e. The maximum Gasteiger partial charge on any atom is 0.270 e. The van der Waals surface area contributed by atoms with Gasteiger partial charge in [0.2, 0.25) is 0 Å². The average Bonchev–Trinajstić information content (AvgIpc) is 3.20. The van der Waals surface area contributed by atoms with Crippen molar-refractivity contribution in [2.75, 3.05) is 6.61 Å². The van der Waals surface area contributed by atoms with Gasteiger partial charge in [0, 0.05) is 23.3 Å². The SMILES string of the molecule is N#CCOc1ccc(C(=O)/C=C/c2ccc(-c3cccc([N+](=O)[O-])c3)o2)cc1. The van der Waals surface area contributed by atoms with E-state index in [1.165, 1.54) is 24.3 Å². The number of carbonyl (C=O) groups is 1. The zero-order chi connectivity index (χ0) is 19.9. The molecule has 0 N–H and O–H groups in total. The highest BCUT2D eigenvalue weighted by Crippen LogP contribution is 2.26. The first kappa shape index (κ1) is 18.6. The first-order valence-electron chi connectivity index (χ1n) is 8.24. The van der Waals surface area contributed by atoms with Crippen LogP contribution in [-0.4, -0.2) is 17.3 Å². The summed E-state index contributed by atoms with van der Waals surface area (Å²) >= 11 is 0. The lowest BCUT2D eigenvalue weighted by molar-refractivity contribution is -0.384. The Balaban J connectivity index is 1.70. The van der Waals surface area contributed by atoms with Crippen LogP contribution in [0.15, 0.2) is 71.2 Å². The highest BCUT2D eigenvalue weighted by Gasteiger charge is 2.10. The molecule has 0 atom stereocenters. The van der Waals surface area contributed by atoms with Crippen LogP contribution in [0.5, 0.6) is 5.75 Å². The third-order valence-electron chi connectivity index (χ3n) is 3.81. The summed E-state index contributed by atoms with van der Waals surface area (Å²) in [7, 11) is 0. The normalized spacial score (nSPS) is 10.5. The number of nitro groups is 1. The van der Waals surface area contributed by atoms with Gasteiger partial charge in [-0.2, -0.15) is 5.26 Å². The van der Waals surface area contributed by atoms with Crippen molar-refractivity contribution in [2.24, 2.45) is 0 Å². The molecule has 0 aliphatic carbocycles. The second-order valence-corrected chi connectivity index (χ2v) is 5.68. The van der Waals surface area contributed by atoms with E-state index in [-0.39, 0.29) is 18.1 Å². The lowest BCUT2D eigenvalue weighted by atomic mass is 10.1. The number of furan rings is 1. The van der Waals surface area contributed by atoms with Gasteiger partial charge < -0.3 is 9.15 Å². The van der Waals surface area contributed by atoms with Crippen molar-refractivity contribution < 1.29 is 18.9 Å². The third kappa shape index (κ3) is 4.51. The number of benzene rings is 2. The zero-order valence-corrected chi connectivity index (χ0v) is 14.6. The number of hydrogen-bond donors (Lipinski definition) is 0. The van der Waals surface area contributed by atoms with Crippen LogP contribution in [0.25, 0.3) is 17.4 Å². The van der Waals surface area contributed by atoms with E-state index in [1.807, 2.05) is 6.07 Å². The fraction of sp³-hybridized carbons (Fsp3) is 0.0476. The number of rotatable bonds is 7. The number of carbonyl (C=O) groups excluding carboxylic acids is 1. The van der Waals surface area contributed by atoms with Crippen LogP contribution in [0.3, 0.4) is 0 Å². The molecule has 0 amide bonds. The van der Waals surface area contributed by atoms with Gasteiger partial charge in [-0.05, 0) is 48.6 Å². The number of hydrogen-bond acceptors (Lipinski definition) is 6. The van der Waals surface area contributed by atoms with E-state index in [1.54, 1.807) is 48.5 Å². The molecule has 0 unspecified atom stereocenters. The van der Waals surface area contributed by atoms with Crippen LogP contribution in [0.2, 0.25) is 0 Å². The van der Waals surface area contributed by atoms with Crippen molar-refractivity contribution in [2.45, 2.75) is 0 Å². The van der Waals surface area contributed by atoms with Crippen LogP contribution in [0.1, 0.15) is 16.1 Å². The van der Waals surface area contributed by atoms with Crippen LogP contribution in [0.4, 0.5) is 5.69 Å². The Morgan fingerprint density at radius 1 is 1.18 bits per heavy atom. The second-order valence-electron chi connectivity index (χ2n) is 5.68. The summed E-state index contributed by atoms with van der Waals surface area (Å²) in [5.74, 6) is 1.20. The first-order valence-corrected chi connectivity index (χ1v) is 8.24. The third-order valence-corrected chi connectivity index (χ3v) is 3.81. The standard InChI is InChI=1S/C21H14N2O5/c22-12-13-27-18-6-4-15(5-7-18)20(24)10-8-19-9-11-21(28-19)16-2-1-3-17(14-16)23(25)26/h1-11,14H,13H2/b10-8+. The molecule has 3 rings (SSSR count). The maximum atomic E-state index is 12.2. The van der Waals surface area contributed by atoms with Gasteiger partial charge in [0.05, 0.1) is 4.92 Å². The van der Waals surface area contributed by atoms with Gasteiger partial charge in [0.1, 0.15) is 23.3 Å². The van der Waals surface area contributed by atoms with Crippen molar-refractivity contribution in [3.63, 3.8) is 0 Å². The Kier molecular flexibility index (Phi) is 5.63. The number of nitriles is 1. The van der Waals surface area contributed by atoms with E-state index >= 15 is 0 Å². The van der Waals surface area contributed by atoms with E-state index < -0.39 is 4.92 Å². The lowest BCUT2D eigenvalue weighted by Gasteiger charge is -2.01. The van der Waals surface area contributed by atoms with Gasteiger partial charge in [0.15, 0.2) is 12.4 Å². The fourth-order valence-electron chi connectivity index (χ4n) is 2.46. The van der Waals surface area contributed by atoms with E-state index in [0.29, 0.717) is 28.4 Å². The minimum Gasteiger partial charge on any atom is -0.479 e. The minimum atomic E-state index is -0.470. The molecule has 7 nitrogen and oxygen atoms in total. The van der Waals surface area contributed by atoms with Crippen molar-refractivity contribution in [3.8, 4) is 23.1 Å². The molecule has 1 aromatic heterocycles. The molecule has 0 fully saturated rings. The molecule has 3 aromatic rings. The van der Waals surface area contributed by atoms with E-state index in [2.05, 4.69) is 0 Å². The molecule has 0 saturated heterocycles. The Hall–Kier alpha value is -4.18. The van der Waals surface area contributed by atoms with Gasteiger partial charge in [-0.25, -0.2) is 0 Å². The molecular weight excluding hydrogens is 360 g/mol. The molecule has 0 spiro atoms. The van der Waals surface area contributed by atoms with Gasteiger partial charge in [-0.15, -0.1) is 0 Å². The Labute approximate surface area is 160 Å². The highest BCUT2D eigenvalue weighted by atomic mass is 16.6. The van der Waals surface area contributed by atoms with Gasteiger partial charge >= 0.3 is 0 Å². The number of nitrogens with zero attached hydrogens (tertiary/aromatic N) is 2. The molecule has 0 saturated carbocycles. The summed E-state index contributed by atoms with van der Waals surface area (Å²) in [5.41, 5.74) is 1.02. The first-order chi connectivity index (χ1) is 13.6. The monoisotopic (exact) mass is 374 g/mol. The van der Waals surface area contributed by atoms with E-state index in [0.717, 1.165) is 0 Å². The van der Waals surface area contributed by atoms with Crippen molar-refractivity contribution in [1.29, 1.82) is 5.26 Å². The molecule has 28 heavy (non-hydrogen) atoms. The Morgan fingerprint density at radius 2 is 1.96 bits per heavy atom. The number of ether oxygens (including phenoxy) is 1. The highest BCUT2D eigenvalue weighted by molar-refractivity contribution is 6.06. The van der Waals surface area contributed by atoms with Crippen LogP contribution in [0, 0.1) is 21.4 Å². The summed E-state index contributed by atoms with van der Waals surface area (Å²) in [6, 6.07) is 17.8.